The molecule has 1 N–H and O–H groups in total. The molecule has 0 spiro atoms. The zero-order chi connectivity index (χ0) is 14.1. The SMILES string of the molecule is Cc1cccc2[n+]1[C@@H]1[C@H]([C@H]3O[C@H]1c1ccccc13)[S@@](=O)N2. The summed E-state index contributed by atoms with van der Waals surface area (Å²) in [6.07, 6.45) is -0.0584. The van der Waals surface area contributed by atoms with Gasteiger partial charge >= 0.3 is 0 Å². The summed E-state index contributed by atoms with van der Waals surface area (Å²) >= 11 is 0. The van der Waals surface area contributed by atoms with Crippen molar-refractivity contribution >= 4 is 16.8 Å². The van der Waals surface area contributed by atoms with Crippen molar-refractivity contribution in [1.82, 2.24) is 0 Å². The number of pyridine rings is 1. The zero-order valence-electron chi connectivity index (χ0n) is 11.5. The Labute approximate surface area is 125 Å². The van der Waals surface area contributed by atoms with Crippen LogP contribution in [-0.4, -0.2) is 9.46 Å². The van der Waals surface area contributed by atoms with E-state index in [2.05, 4.69) is 40.5 Å². The summed E-state index contributed by atoms with van der Waals surface area (Å²) in [7, 11) is -1.12. The number of hydrogen-bond acceptors (Lipinski definition) is 2. The highest BCUT2D eigenvalue weighted by molar-refractivity contribution is 7.87. The quantitative estimate of drug-likeness (QED) is 0.757. The van der Waals surface area contributed by atoms with E-state index in [4.69, 9.17) is 4.74 Å². The molecule has 0 aliphatic carbocycles. The van der Waals surface area contributed by atoms with Gasteiger partial charge in [-0.2, -0.15) is 4.72 Å². The first kappa shape index (κ1) is 11.9. The van der Waals surface area contributed by atoms with E-state index < -0.39 is 11.0 Å². The van der Waals surface area contributed by atoms with Gasteiger partial charge in [-0.25, -0.2) is 8.78 Å². The van der Waals surface area contributed by atoms with Gasteiger partial charge in [0.05, 0.1) is 0 Å². The molecule has 3 aliphatic rings. The molecule has 5 atom stereocenters. The molecule has 3 aliphatic heterocycles. The van der Waals surface area contributed by atoms with Gasteiger partial charge in [0.25, 0.3) is 5.82 Å². The Bertz CT molecular complexity index is 792. The highest BCUT2D eigenvalue weighted by Crippen LogP contribution is 2.57. The second-order valence-electron chi connectivity index (χ2n) is 5.88. The number of aromatic nitrogens is 1. The molecule has 21 heavy (non-hydrogen) atoms. The summed E-state index contributed by atoms with van der Waals surface area (Å²) in [5, 5.41) is -0.0245. The van der Waals surface area contributed by atoms with Gasteiger partial charge in [0, 0.05) is 6.07 Å². The molecule has 0 unspecified atom stereocenters. The van der Waals surface area contributed by atoms with Crippen LogP contribution < -0.4 is 9.29 Å². The number of nitrogens with one attached hydrogen (secondary N) is 1. The van der Waals surface area contributed by atoms with Crippen LogP contribution >= 0.6 is 0 Å². The Morgan fingerprint density at radius 3 is 2.67 bits per heavy atom. The Kier molecular flexibility index (Phi) is 2.22. The van der Waals surface area contributed by atoms with Gasteiger partial charge in [-0.3, -0.25) is 0 Å². The maximum atomic E-state index is 12.7. The van der Waals surface area contributed by atoms with Crippen molar-refractivity contribution in [2.24, 2.45) is 0 Å². The molecule has 106 valence electrons. The first-order valence-electron chi connectivity index (χ1n) is 7.18. The van der Waals surface area contributed by atoms with Gasteiger partial charge in [0.2, 0.25) is 11.0 Å². The number of ether oxygens (including phenoxy) is 1. The van der Waals surface area contributed by atoms with Gasteiger partial charge in [-0.05, 0) is 24.1 Å². The molecule has 2 aromatic rings. The number of nitrogens with zero attached hydrogens (tertiary/aromatic N) is 1. The van der Waals surface area contributed by atoms with E-state index in [1.165, 1.54) is 16.8 Å². The van der Waals surface area contributed by atoms with E-state index in [1.54, 1.807) is 0 Å². The van der Waals surface area contributed by atoms with Gasteiger partial charge in [0.15, 0.2) is 6.04 Å². The summed E-state index contributed by atoms with van der Waals surface area (Å²) in [5.74, 6) is 0.920. The summed E-state index contributed by atoms with van der Waals surface area (Å²) in [6, 6.07) is 14.5. The minimum Gasteiger partial charge on any atom is -0.359 e. The van der Waals surface area contributed by atoms with Crippen molar-refractivity contribution in [3.05, 3.63) is 59.3 Å². The van der Waals surface area contributed by atoms with Crippen LogP contribution in [0.4, 0.5) is 5.82 Å². The molecule has 1 aromatic heterocycles. The molecular weight excluding hydrogens is 284 g/mol. The molecule has 0 saturated carbocycles. The van der Waals surface area contributed by atoms with E-state index in [-0.39, 0.29) is 23.5 Å². The van der Waals surface area contributed by atoms with Crippen molar-refractivity contribution in [1.29, 1.82) is 0 Å². The van der Waals surface area contributed by atoms with Crippen molar-refractivity contribution in [3.63, 3.8) is 0 Å². The summed E-state index contributed by atoms with van der Waals surface area (Å²) < 4.78 is 24.3. The minimum atomic E-state index is -1.12. The maximum absolute atomic E-state index is 12.7. The lowest BCUT2D eigenvalue weighted by Crippen LogP contribution is -2.57. The summed E-state index contributed by atoms with van der Waals surface area (Å²) in [4.78, 5) is 0. The number of benzene rings is 1. The Morgan fingerprint density at radius 2 is 1.86 bits per heavy atom. The molecule has 2 bridgehead atoms. The first-order valence-corrected chi connectivity index (χ1v) is 8.40. The summed E-state index contributed by atoms with van der Waals surface area (Å²) in [5.41, 5.74) is 3.63. The van der Waals surface area contributed by atoms with Gasteiger partial charge in [-0.15, -0.1) is 0 Å². The molecule has 4 heterocycles. The van der Waals surface area contributed by atoms with Crippen molar-refractivity contribution in [3.8, 4) is 0 Å². The number of anilines is 1. The second kappa shape index (κ2) is 3.93. The van der Waals surface area contributed by atoms with Crippen LogP contribution in [0.5, 0.6) is 0 Å². The third kappa shape index (κ3) is 1.38. The molecule has 5 rings (SSSR count). The largest absolute Gasteiger partial charge is 0.359 e. The van der Waals surface area contributed by atoms with E-state index >= 15 is 0 Å². The normalized spacial score (nSPS) is 34.8. The fourth-order valence-electron chi connectivity index (χ4n) is 4.00. The van der Waals surface area contributed by atoms with Crippen molar-refractivity contribution in [2.45, 2.75) is 30.4 Å². The number of fused-ring (bicyclic) bond motifs is 10. The smallest absolute Gasteiger partial charge is 0.288 e. The van der Waals surface area contributed by atoms with Crippen LogP contribution in [0.3, 0.4) is 0 Å². The van der Waals surface area contributed by atoms with Crippen LogP contribution in [0.1, 0.15) is 35.1 Å². The fourth-order valence-corrected chi connectivity index (χ4v) is 5.47. The second-order valence-corrected chi connectivity index (χ2v) is 7.23. The standard InChI is InChI=1S/C16H14N2O2S/c1-9-5-4-8-12-17-21(19)16-13(18(9)12)14-10-6-2-3-7-11(10)15(16)20-14/h2-8,13-16H,1H3/p+1/t13-,14-,15-,16+,21+/m0/s1. The lowest BCUT2D eigenvalue weighted by atomic mass is 9.87. The Balaban J connectivity index is 1.76. The molecule has 1 saturated heterocycles. The van der Waals surface area contributed by atoms with Crippen LogP contribution in [-0.2, 0) is 15.7 Å². The lowest BCUT2D eigenvalue weighted by Gasteiger charge is -2.31. The van der Waals surface area contributed by atoms with Gasteiger partial charge in [-0.1, -0.05) is 30.3 Å². The monoisotopic (exact) mass is 299 g/mol. The van der Waals surface area contributed by atoms with E-state index in [1.807, 2.05) is 18.2 Å². The molecular formula is C16H15N2O2S+. The molecule has 1 aromatic carbocycles. The van der Waals surface area contributed by atoms with Gasteiger partial charge in [0.1, 0.15) is 23.2 Å². The third-order valence-corrected chi connectivity index (χ3v) is 6.26. The average Bonchev–Trinajstić information content (AvgIpc) is 3.05. The molecule has 5 heteroatoms. The number of hydrogen-bond donors (Lipinski definition) is 1. The van der Waals surface area contributed by atoms with E-state index in [0.29, 0.717) is 0 Å². The van der Waals surface area contributed by atoms with Crippen LogP contribution in [0.25, 0.3) is 0 Å². The Hall–Kier alpha value is -1.72. The maximum Gasteiger partial charge on any atom is 0.288 e. The number of aryl methyl sites for hydroxylation is 1. The average molecular weight is 299 g/mol. The lowest BCUT2D eigenvalue weighted by molar-refractivity contribution is -0.719. The van der Waals surface area contributed by atoms with Crippen LogP contribution in [0, 0.1) is 6.92 Å². The van der Waals surface area contributed by atoms with Crippen molar-refractivity contribution < 1.29 is 13.5 Å². The van der Waals surface area contributed by atoms with Crippen LogP contribution in [0.15, 0.2) is 42.5 Å². The van der Waals surface area contributed by atoms with Gasteiger partial charge < -0.3 is 4.74 Å². The van der Waals surface area contributed by atoms with E-state index in [0.717, 1.165) is 5.82 Å². The minimum absolute atomic E-state index is 0.00657. The van der Waals surface area contributed by atoms with Crippen LogP contribution in [0.2, 0.25) is 0 Å². The number of rotatable bonds is 0. The zero-order valence-corrected chi connectivity index (χ0v) is 12.3. The molecule has 4 nitrogen and oxygen atoms in total. The molecule has 0 amide bonds. The van der Waals surface area contributed by atoms with E-state index in [9.17, 15) is 4.21 Å². The topological polar surface area (TPSA) is 42.2 Å². The Morgan fingerprint density at radius 1 is 1.10 bits per heavy atom. The highest BCUT2D eigenvalue weighted by Gasteiger charge is 2.61. The highest BCUT2D eigenvalue weighted by atomic mass is 32.2. The summed E-state index contributed by atoms with van der Waals surface area (Å²) in [6.45, 7) is 2.09. The predicted octanol–water partition coefficient (Wildman–Crippen LogP) is 2.11. The predicted molar refractivity (Wildman–Crippen MR) is 79.0 cm³/mol. The first-order chi connectivity index (χ1) is 10.3. The third-order valence-electron chi connectivity index (χ3n) is 4.83. The molecule has 0 radical (unpaired) electrons. The molecule has 1 fully saturated rings. The fraction of sp³-hybridized carbons (Fsp3) is 0.312. The van der Waals surface area contributed by atoms with Crippen molar-refractivity contribution in [2.75, 3.05) is 4.72 Å².